The van der Waals surface area contributed by atoms with Crippen LogP contribution in [0, 0.1) is 23.3 Å². The summed E-state index contributed by atoms with van der Waals surface area (Å²) in [5, 5.41) is 0.623. The van der Waals surface area contributed by atoms with Crippen LogP contribution in [-0.4, -0.2) is 11.7 Å². The lowest BCUT2D eigenvalue weighted by Gasteiger charge is -2.10. The van der Waals surface area contributed by atoms with Crippen molar-refractivity contribution in [1.82, 2.24) is 4.57 Å². The molecular weight excluding hydrogens is 286 g/mol. The monoisotopic (exact) mass is 295 g/mol. The van der Waals surface area contributed by atoms with Crippen molar-refractivity contribution in [3.63, 3.8) is 0 Å². The van der Waals surface area contributed by atoms with Crippen LogP contribution in [0.25, 0.3) is 16.6 Å². The van der Waals surface area contributed by atoms with Gasteiger partial charge in [0.25, 0.3) is 0 Å². The van der Waals surface area contributed by atoms with Crippen LogP contribution in [0.5, 0.6) is 5.75 Å². The minimum Gasteiger partial charge on any atom is -0.497 e. The Morgan fingerprint density at radius 2 is 1.57 bits per heavy atom. The van der Waals surface area contributed by atoms with Crippen LogP contribution in [0.2, 0.25) is 0 Å². The molecule has 2 nitrogen and oxygen atoms in total. The number of fused-ring (bicyclic) bond motifs is 1. The molecule has 0 saturated heterocycles. The first-order chi connectivity index (χ1) is 10.0. The fraction of sp³-hybridized carbons (Fsp3) is 0.0667. The Morgan fingerprint density at radius 3 is 2.19 bits per heavy atom. The van der Waals surface area contributed by atoms with Gasteiger partial charge in [-0.3, -0.25) is 0 Å². The Hall–Kier alpha value is -2.50. The number of hydrogen-bond donors (Lipinski definition) is 0. The average Bonchev–Trinajstić information content (AvgIpc) is 2.88. The molecule has 0 aliphatic heterocycles. The zero-order valence-electron chi connectivity index (χ0n) is 10.8. The molecule has 0 unspecified atom stereocenters. The highest BCUT2D eigenvalue weighted by Gasteiger charge is 2.21. The van der Waals surface area contributed by atoms with Gasteiger partial charge in [-0.1, -0.05) is 0 Å². The van der Waals surface area contributed by atoms with Gasteiger partial charge in [-0.15, -0.1) is 0 Å². The van der Waals surface area contributed by atoms with Crippen LogP contribution in [-0.2, 0) is 0 Å². The maximum absolute atomic E-state index is 13.9. The number of hydrogen-bond acceptors (Lipinski definition) is 1. The third-order valence-electron chi connectivity index (χ3n) is 3.23. The maximum Gasteiger partial charge on any atom is 0.186 e. The zero-order valence-corrected chi connectivity index (χ0v) is 10.8. The van der Waals surface area contributed by atoms with Crippen LogP contribution in [0.15, 0.2) is 36.5 Å². The van der Waals surface area contributed by atoms with Crippen LogP contribution in [0.1, 0.15) is 0 Å². The summed E-state index contributed by atoms with van der Waals surface area (Å²) in [5.41, 5.74) is -0.383. The summed E-state index contributed by atoms with van der Waals surface area (Å²) in [5.74, 6) is -5.21. The van der Waals surface area contributed by atoms with Crippen molar-refractivity contribution >= 4 is 10.9 Å². The third kappa shape index (κ3) is 2.03. The molecule has 0 fully saturated rings. The molecule has 0 saturated carbocycles. The molecule has 1 aromatic heterocycles. The standard InChI is InChI=1S/C15H9F4NO/c1-21-9-2-3-12-8(6-9)4-5-20(12)15-13(18)10(16)7-11(17)14(15)19/h2-7H,1H3. The molecule has 0 N–H and O–H groups in total. The topological polar surface area (TPSA) is 14.2 Å². The number of rotatable bonds is 2. The third-order valence-corrected chi connectivity index (χ3v) is 3.23. The highest BCUT2D eigenvalue weighted by atomic mass is 19.2. The molecule has 0 aliphatic carbocycles. The van der Waals surface area contributed by atoms with Crippen LogP contribution in [0.3, 0.4) is 0 Å². The molecule has 0 amide bonds. The van der Waals surface area contributed by atoms with Crippen molar-refractivity contribution in [3.05, 3.63) is 59.8 Å². The van der Waals surface area contributed by atoms with Gasteiger partial charge < -0.3 is 9.30 Å². The Kier molecular flexibility index (Phi) is 3.08. The van der Waals surface area contributed by atoms with Gasteiger partial charge in [-0.05, 0) is 24.3 Å². The minimum absolute atomic E-state index is 0.183. The molecule has 0 atom stereocenters. The molecule has 0 spiro atoms. The number of nitrogens with zero attached hydrogens (tertiary/aromatic N) is 1. The second kappa shape index (κ2) is 4.80. The second-order valence-corrected chi connectivity index (χ2v) is 4.43. The van der Waals surface area contributed by atoms with E-state index in [1.165, 1.54) is 13.3 Å². The summed E-state index contributed by atoms with van der Waals surface area (Å²) in [4.78, 5) is 0. The number of ether oxygens (including phenoxy) is 1. The predicted molar refractivity (Wildman–Crippen MR) is 69.7 cm³/mol. The lowest BCUT2D eigenvalue weighted by molar-refractivity contribution is 0.415. The fourth-order valence-corrected chi connectivity index (χ4v) is 2.21. The molecule has 1 heterocycles. The molecular formula is C15H9F4NO. The maximum atomic E-state index is 13.9. The smallest absolute Gasteiger partial charge is 0.186 e. The zero-order chi connectivity index (χ0) is 15.1. The van der Waals surface area contributed by atoms with Gasteiger partial charge in [0.1, 0.15) is 11.4 Å². The highest BCUT2D eigenvalue weighted by Crippen LogP contribution is 2.29. The van der Waals surface area contributed by atoms with E-state index in [0.717, 1.165) is 4.57 Å². The van der Waals surface area contributed by atoms with Crippen molar-refractivity contribution in [2.75, 3.05) is 7.11 Å². The van der Waals surface area contributed by atoms with E-state index < -0.39 is 29.0 Å². The second-order valence-electron chi connectivity index (χ2n) is 4.43. The molecule has 108 valence electrons. The van der Waals surface area contributed by atoms with E-state index in [2.05, 4.69) is 0 Å². The molecule has 2 aromatic carbocycles. The van der Waals surface area contributed by atoms with Crippen molar-refractivity contribution < 1.29 is 22.3 Å². The summed E-state index contributed by atoms with van der Waals surface area (Å²) >= 11 is 0. The lowest BCUT2D eigenvalue weighted by Crippen LogP contribution is -2.05. The minimum atomic E-state index is -1.45. The van der Waals surface area contributed by atoms with Gasteiger partial charge in [-0.25, -0.2) is 17.6 Å². The average molecular weight is 295 g/mol. The van der Waals surface area contributed by atoms with Crippen molar-refractivity contribution in [2.45, 2.75) is 0 Å². The van der Waals surface area contributed by atoms with E-state index in [-0.39, 0.29) is 6.07 Å². The van der Waals surface area contributed by atoms with E-state index in [4.69, 9.17) is 4.74 Å². The fourth-order valence-electron chi connectivity index (χ4n) is 2.21. The largest absolute Gasteiger partial charge is 0.497 e. The quantitative estimate of drug-likeness (QED) is 0.510. The van der Waals surface area contributed by atoms with Crippen molar-refractivity contribution in [2.24, 2.45) is 0 Å². The first-order valence-corrected chi connectivity index (χ1v) is 6.01. The Bertz CT molecular complexity index is 815. The molecule has 3 rings (SSSR count). The number of benzene rings is 2. The van der Waals surface area contributed by atoms with E-state index in [0.29, 0.717) is 16.7 Å². The van der Waals surface area contributed by atoms with Crippen molar-refractivity contribution in [1.29, 1.82) is 0 Å². The van der Waals surface area contributed by atoms with Gasteiger partial charge in [-0.2, -0.15) is 0 Å². The first kappa shape index (κ1) is 13.5. The highest BCUT2D eigenvalue weighted by molar-refractivity contribution is 5.83. The van der Waals surface area contributed by atoms with Gasteiger partial charge in [0.15, 0.2) is 23.3 Å². The lowest BCUT2D eigenvalue weighted by atomic mass is 10.2. The predicted octanol–water partition coefficient (Wildman–Crippen LogP) is 4.20. The van der Waals surface area contributed by atoms with Gasteiger partial charge >= 0.3 is 0 Å². The van der Waals surface area contributed by atoms with Crippen molar-refractivity contribution in [3.8, 4) is 11.4 Å². The molecule has 21 heavy (non-hydrogen) atoms. The first-order valence-electron chi connectivity index (χ1n) is 6.01. The van der Waals surface area contributed by atoms with Gasteiger partial charge in [0, 0.05) is 17.6 Å². The van der Waals surface area contributed by atoms with Crippen LogP contribution >= 0.6 is 0 Å². The Balaban J connectivity index is 2.31. The van der Waals surface area contributed by atoms with E-state index in [1.54, 1.807) is 24.3 Å². The van der Waals surface area contributed by atoms with Crippen LogP contribution < -0.4 is 4.74 Å². The van der Waals surface area contributed by atoms with Crippen LogP contribution in [0.4, 0.5) is 17.6 Å². The number of methoxy groups -OCH3 is 1. The van der Waals surface area contributed by atoms with E-state index >= 15 is 0 Å². The van der Waals surface area contributed by atoms with Gasteiger partial charge in [0.05, 0.1) is 12.6 Å². The molecule has 0 bridgehead atoms. The summed E-state index contributed by atoms with van der Waals surface area (Å²) in [6.45, 7) is 0. The molecule has 6 heteroatoms. The summed E-state index contributed by atoms with van der Waals surface area (Å²) in [7, 11) is 1.49. The number of aromatic nitrogens is 1. The molecule has 0 radical (unpaired) electrons. The number of halogens is 4. The van der Waals surface area contributed by atoms with E-state index in [1.807, 2.05) is 0 Å². The summed E-state index contributed by atoms with van der Waals surface area (Å²) < 4.78 is 60.4. The molecule has 0 aliphatic rings. The summed E-state index contributed by atoms with van der Waals surface area (Å²) in [6.07, 6.45) is 1.34. The van der Waals surface area contributed by atoms with Gasteiger partial charge in [0.2, 0.25) is 0 Å². The van der Waals surface area contributed by atoms with E-state index in [9.17, 15) is 17.6 Å². The normalized spacial score (nSPS) is 11.1. The molecule has 3 aromatic rings. The SMILES string of the molecule is COc1ccc2c(ccn2-c2c(F)c(F)cc(F)c2F)c1. The summed E-state index contributed by atoms with van der Waals surface area (Å²) in [6, 6.07) is 6.54. The Morgan fingerprint density at radius 1 is 0.905 bits per heavy atom. The Labute approximate surface area is 117 Å².